The molecule has 90 valence electrons. The molecule has 1 atom stereocenters. The molecule has 0 fully saturated rings. The van der Waals surface area contributed by atoms with Crippen LogP contribution >= 0.6 is 0 Å². The third-order valence-electron chi connectivity index (χ3n) is 2.94. The second-order valence-corrected chi connectivity index (χ2v) is 4.26. The van der Waals surface area contributed by atoms with Gasteiger partial charge in [-0.1, -0.05) is 18.2 Å². The van der Waals surface area contributed by atoms with E-state index in [1.807, 2.05) is 43.5 Å². The lowest BCUT2D eigenvalue weighted by atomic mass is 10.1. The Hall–Kier alpha value is -2.34. The molecule has 1 N–H and O–H groups in total. The van der Waals surface area contributed by atoms with E-state index in [9.17, 15) is 5.26 Å². The first-order valence-electron chi connectivity index (χ1n) is 5.88. The lowest BCUT2D eigenvalue weighted by Crippen LogP contribution is -2.08. The molecule has 0 saturated carbocycles. The van der Waals surface area contributed by atoms with E-state index in [0.717, 1.165) is 16.8 Å². The Balaban J connectivity index is 2.25. The highest BCUT2D eigenvalue weighted by Gasteiger charge is 2.09. The molecular weight excluding hydrogens is 222 g/mol. The smallest absolute Gasteiger partial charge is 0.102 e. The van der Waals surface area contributed by atoms with Crippen molar-refractivity contribution in [1.82, 2.24) is 4.98 Å². The average molecular weight is 237 g/mol. The van der Waals surface area contributed by atoms with Crippen molar-refractivity contribution in [2.75, 3.05) is 5.32 Å². The summed E-state index contributed by atoms with van der Waals surface area (Å²) in [5.41, 5.74) is 3.66. The molecule has 1 aromatic carbocycles. The van der Waals surface area contributed by atoms with Gasteiger partial charge in [-0.05, 0) is 37.1 Å². The van der Waals surface area contributed by atoms with E-state index in [4.69, 9.17) is 0 Å². The molecule has 2 rings (SSSR count). The lowest BCUT2D eigenvalue weighted by molar-refractivity contribution is 0.874. The number of nitrogens with one attached hydrogen (secondary N) is 1. The minimum Gasteiger partial charge on any atom is -0.377 e. The van der Waals surface area contributed by atoms with Crippen LogP contribution < -0.4 is 5.32 Å². The van der Waals surface area contributed by atoms with Gasteiger partial charge in [-0.3, -0.25) is 4.98 Å². The largest absolute Gasteiger partial charge is 0.377 e. The number of pyridine rings is 1. The molecule has 1 unspecified atom stereocenters. The maximum Gasteiger partial charge on any atom is 0.102 e. The van der Waals surface area contributed by atoms with Gasteiger partial charge in [0, 0.05) is 12.4 Å². The topological polar surface area (TPSA) is 48.7 Å². The number of nitrogens with zero attached hydrogens (tertiary/aromatic N) is 2. The first-order chi connectivity index (χ1) is 8.72. The van der Waals surface area contributed by atoms with Crippen LogP contribution in [0.25, 0.3) is 0 Å². The van der Waals surface area contributed by atoms with Crippen molar-refractivity contribution in [1.29, 1.82) is 5.26 Å². The lowest BCUT2D eigenvalue weighted by Gasteiger charge is -2.17. The van der Waals surface area contributed by atoms with E-state index in [1.54, 1.807) is 6.20 Å². The zero-order chi connectivity index (χ0) is 13.0. The minimum absolute atomic E-state index is 0.118. The van der Waals surface area contributed by atoms with Gasteiger partial charge in [-0.15, -0.1) is 0 Å². The van der Waals surface area contributed by atoms with Crippen molar-refractivity contribution in [2.24, 2.45) is 0 Å². The third kappa shape index (κ3) is 2.49. The van der Waals surface area contributed by atoms with Crippen LogP contribution in [0.2, 0.25) is 0 Å². The summed E-state index contributed by atoms with van der Waals surface area (Å²) in [4.78, 5) is 4.10. The molecule has 0 radical (unpaired) electrons. The summed E-state index contributed by atoms with van der Waals surface area (Å²) in [5.74, 6) is 0. The molecular formula is C15H15N3. The Morgan fingerprint density at radius 2 is 2.11 bits per heavy atom. The Morgan fingerprint density at radius 3 is 2.78 bits per heavy atom. The number of benzene rings is 1. The number of nitriles is 1. The fourth-order valence-corrected chi connectivity index (χ4v) is 1.89. The Kier molecular flexibility index (Phi) is 3.59. The van der Waals surface area contributed by atoms with Gasteiger partial charge in [-0.2, -0.15) is 5.26 Å². The summed E-state index contributed by atoms with van der Waals surface area (Å²) in [7, 11) is 0. The zero-order valence-electron chi connectivity index (χ0n) is 10.5. The fraction of sp³-hybridized carbons (Fsp3) is 0.200. The predicted molar refractivity (Wildman–Crippen MR) is 72.2 cm³/mol. The first kappa shape index (κ1) is 12.1. The van der Waals surface area contributed by atoms with Gasteiger partial charge in [0.15, 0.2) is 0 Å². The van der Waals surface area contributed by atoms with Crippen molar-refractivity contribution >= 4 is 5.69 Å². The van der Waals surface area contributed by atoms with E-state index >= 15 is 0 Å². The van der Waals surface area contributed by atoms with E-state index < -0.39 is 0 Å². The van der Waals surface area contributed by atoms with Crippen molar-refractivity contribution in [3.63, 3.8) is 0 Å². The van der Waals surface area contributed by atoms with E-state index in [-0.39, 0.29) is 6.04 Å². The van der Waals surface area contributed by atoms with Crippen molar-refractivity contribution in [3.8, 4) is 6.07 Å². The van der Waals surface area contributed by atoms with Gasteiger partial charge in [0.1, 0.15) is 6.07 Å². The van der Waals surface area contributed by atoms with Crippen LogP contribution in [0.15, 0.2) is 42.7 Å². The number of aryl methyl sites for hydroxylation is 1. The average Bonchev–Trinajstić information content (AvgIpc) is 2.40. The molecule has 3 nitrogen and oxygen atoms in total. The summed E-state index contributed by atoms with van der Waals surface area (Å²) in [6, 6.07) is 12.1. The van der Waals surface area contributed by atoms with Crippen molar-refractivity contribution < 1.29 is 0 Å². The molecule has 0 amide bonds. The molecule has 0 spiro atoms. The number of hydrogen-bond donors (Lipinski definition) is 1. The SMILES string of the molecule is Cc1cccc(NC(C)c2cccnc2)c1C#N. The van der Waals surface area contributed by atoms with Crippen LogP contribution in [0.1, 0.15) is 29.7 Å². The number of aromatic nitrogens is 1. The normalized spacial score (nSPS) is 11.6. The van der Waals surface area contributed by atoms with E-state index in [0.29, 0.717) is 5.56 Å². The van der Waals surface area contributed by atoms with Crippen LogP contribution in [0.4, 0.5) is 5.69 Å². The maximum absolute atomic E-state index is 9.18. The summed E-state index contributed by atoms with van der Waals surface area (Å²) in [6.45, 7) is 4.00. The summed E-state index contributed by atoms with van der Waals surface area (Å²) >= 11 is 0. The second kappa shape index (κ2) is 5.33. The molecule has 2 aromatic rings. The quantitative estimate of drug-likeness (QED) is 0.889. The van der Waals surface area contributed by atoms with Crippen LogP contribution in [-0.2, 0) is 0 Å². The Labute approximate surface area is 107 Å². The predicted octanol–water partition coefficient (Wildman–Crippen LogP) is 3.43. The summed E-state index contributed by atoms with van der Waals surface area (Å²) in [5, 5.41) is 12.5. The molecule has 3 heteroatoms. The van der Waals surface area contributed by atoms with E-state index in [2.05, 4.69) is 23.3 Å². The van der Waals surface area contributed by atoms with Crippen molar-refractivity contribution in [2.45, 2.75) is 19.9 Å². The summed E-state index contributed by atoms with van der Waals surface area (Å²) < 4.78 is 0. The molecule has 0 aliphatic heterocycles. The maximum atomic E-state index is 9.18. The minimum atomic E-state index is 0.118. The Morgan fingerprint density at radius 1 is 1.28 bits per heavy atom. The van der Waals surface area contributed by atoms with E-state index in [1.165, 1.54) is 0 Å². The molecule has 1 aromatic heterocycles. The van der Waals surface area contributed by atoms with Crippen LogP contribution in [0.5, 0.6) is 0 Å². The van der Waals surface area contributed by atoms with Gasteiger partial charge < -0.3 is 5.32 Å². The fourth-order valence-electron chi connectivity index (χ4n) is 1.89. The van der Waals surface area contributed by atoms with Crippen molar-refractivity contribution in [3.05, 3.63) is 59.4 Å². The Bertz CT molecular complexity index is 570. The zero-order valence-corrected chi connectivity index (χ0v) is 10.5. The monoisotopic (exact) mass is 237 g/mol. The summed E-state index contributed by atoms with van der Waals surface area (Å²) in [6.07, 6.45) is 3.59. The highest BCUT2D eigenvalue weighted by atomic mass is 14.9. The molecule has 1 heterocycles. The molecule has 0 aliphatic carbocycles. The highest BCUT2D eigenvalue weighted by Crippen LogP contribution is 2.23. The number of rotatable bonds is 3. The van der Waals surface area contributed by atoms with Gasteiger partial charge >= 0.3 is 0 Å². The van der Waals surface area contributed by atoms with Gasteiger partial charge in [0.25, 0.3) is 0 Å². The third-order valence-corrected chi connectivity index (χ3v) is 2.94. The number of hydrogen-bond acceptors (Lipinski definition) is 3. The van der Waals surface area contributed by atoms with Gasteiger partial charge in [0.05, 0.1) is 17.3 Å². The van der Waals surface area contributed by atoms with Crippen LogP contribution in [0.3, 0.4) is 0 Å². The highest BCUT2D eigenvalue weighted by molar-refractivity contribution is 5.61. The van der Waals surface area contributed by atoms with Gasteiger partial charge in [-0.25, -0.2) is 0 Å². The molecule has 0 aliphatic rings. The second-order valence-electron chi connectivity index (χ2n) is 4.26. The van der Waals surface area contributed by atoms with Gasteiger partial charge in [0.2, 0.25) is 0 Å². The standard InChI is InChI=1S/C15H15N3/c1-11-5-3-7-15(14(11)9-16)18-12(2)13-6-4-8-17-10-13/h3-8,10,12,18H,1-2H3. The first-order valence-corrected chi connectivity index (χ1v) is 5.88. The molecule has 18 heavy (non-hydrogen) atoms. The molecule has 0 saturated heterocycles. The molecule has 0 bridgehead atoms. The van der Waals surface area contributed by atoms with Crippen LogP contribution in [0, 0.1) is 18.3 Å². The number of anilines is 1. The van der Waals surface area contributed by atoms with Crippen LogP contribution in [-0.4, -0.2) is 4.98 Å².